The van der Waals surface area contributed by atoms with Crippen molar-refractivity contribution in [1.29, 1.82) is 0 Å². The van der Waals surface area contributed by atoms with E-state index < -0.39 is 74.4 Å². The van der Waals surface area contributed by atoms with Crippen molar-refractivity contribution in [3.8, 4) is 0 Å². The number of aliphatic hydroxyl groups is 7. The predicted molar refractivity (Wildman–Crippen MR) is 96.9 cm³/mol. The van der Waals surface area contributed by atoms with Gasteiger partial charge >= 0.3 is 0 Å². The summed E-state index contributed by atoms with van der Waals surface area (Å²) >= 11 is 0. The van der Waals surface area contributed by atoms with Gasteiger partial charge in [-0.1, -0.05) is 34.1 Å². The van der Waals surface area contributed by atoms with Crippen LogP contribution in [0.5, 0.6) is 0 Å². The Labute approximate surface area is 165 Å². The second-order valence-electron chi connectivity index (χ2n) is 7.56. The third kappa shape index (κ3) is 5.82. The van der Waals surface area contributed by atoms with Crippen LogP contribution in [-0.2, 0) is 14.2 Å². The molecule has 2 aliphatic rings. The average molecular weight is 412 g/mol. The molecule has 0 aromatic rings. The first-order chi connectivity index (χ1) is 13.1. The minimum absolute atomic E-state index is 0.0893. The molecule has 10 atom stereocenters. The summed E-state index contributed by atoms with van der Waals surface area (Å²) in [6.07, 6.45) is -11.2. The van der Waals surface area contributed by atoms with E-state index in [0.717, 1.165) is 0 Å². The van der Waals surface area contributed by atoms with E-state index in [0.29, 0.717) is 0 Å². The number of aliphatic hydroxyl groups excluding tert-OH is 7. The zero-order valence-corrected chi connectivity index (χ0v) is 16.8. The van der Waals surface area contributed by atoms with E-state index in [1.54, 1.807) is 0 Å². The topological polar surface area (TPSA) is 169 Å². The smallest absolute Gasteiger partial charge is 0.187 e. The number of hydrogen-bond acceptors (Lipinski definition) is 10. The molecule has 0 bridgehead atoms. The van der Waals surface area contributed by atoms with Crippen LogP contribution in [0.1, 0.15) is 34.1 Å². The molecule has 7 N–H and O–H groups in total. The van der Waals surface area contributed by atoms with Crippen LogP contribution in [0.15, 0.2) is 0 Å². The van der Waals surface area contributed by atoms with Gasteiger partial charge in [-0.3, -0.25) is 0 Å². The maximum absolute atomic E-state index is 10.3. The van der Waals surface area contributed by atoms with Gasteiger partial charge in [0.15, 0.2) is 12.6 Å². The van der Waals surface area contributed by atoms with E-state index in [9.17, 15) is 35.7 Å². The maximum atomic E-state index is 10.3. The first-order valence-corrected chi connectivity index (χ1v) is 9.72. The highest BCUT2D eigenvalue weighted by Gasteiger charge is 2.50. The molecule has 0 spiro atoms. The van der Waals surface area contributed by atoms with Gasteiger partial charge in [0, 0.05) is 5.92 Å². The van der Waals surface area contributed by atoms with Gasteiger partial charge in [0.1, 0.15) is 30.5 Å². The summed E-state index contributed by atoms with van der Waals surface area (Å²) in [7, 11) is 0. The second kappa shape index (κ2) is 11.7. The van der Waals surface area contributed by atoms with E-state index in [1.807, 2.05) is 13.8 Å². The molecular formula is C18H36O10. The SMILES string of the molecule is CC(C)C1C(CO)OC(OC2C(CO)OC(O)C(O)C2O)C(O)C1O.CCC. The van der Waals surface area contributed by atoms with Gasteiger partial charge in [0.25, 0.3) is 0 Å². The van der Waals surface area contributed by atoms with Gasteiger partial charge in [-0.25, -0.2) is 0 Å². The summed E-state index contributed by atoms with van der Waals surface area (Å²) < 4.78 is 16.0. The second-order valence-corrected chi connectivity index (χ2v) is 7.56. The normalized spacial score (nSPS) is 44.1. The Hall–Kier alpha value is -0.400. The van der Waals surface area contributed by atoms with Gasteiger partial charge in [-0.15, -0.1) is 0 Å². The predicted octanol–water partition coefficient (Wildman–Crippen LogP) is -2.07. The molecule has 10 heteroatoms. The van der Waals surface area contributed by atoms with E-state index >= 15 is 0 Å². The lowest BCUT2D eigenvalue weighted by Gasteiger charge is -2.47. The average Bonchev–Trinajstić information content (AvgIpc) is 2.65. The molecule has 2 saturated heterocycles. The van der Waals surface area contributed by atoms with Crippen molar-refractivity contribution >= 4 is 0 Å². The Balaban J connectivity index is 0.00000122. The highest BCUT2D eigenvalue weighted by molar-refractivity contribution is 4.94. The Morgan fingerprint density at radius 2 is 1.32 bits per heavy atom. The molecule has 10 nitrogen and oxygen atoms in total. The van der Waals surface area contributed by atoms with E-state index in [4.69, 9.17) is 14.2 Å². The summed E-state index contributed by atoms with van der Waals surface area (Å²) in [6.45, 7) is 6.83. The van der Waals surface area contributed by atoms with Gasteiger partial charge in [-0.05, 0) is 5.92 Å². The summed E-state index contributed by atoms with van der Waals surface area (Å²) in [5.41, 5.74) is 0. The number of hydrogen-bond donors (Lipinski definition) is 7. The van der Waals surface area contributed by atoms with E-state index in [2.05, 4.69) is 13.8 Å². The van der Waals surface area contributed by atoms with E-state index in [-0.39, 0.29) is 5.92 Å². The van der Waals surface area contributed by atoms with Crippen LogP contribution < -0.4 is 0 Å². The van der Waals surface area contributed by atoms with Gasteiger partial charge in [0.05, 0.1) is 25.4 Å². The van der Waals surface area contributed by atoms with Crippen LogP contribution in [0.4, 0.5) is 0 Å². The maximum Gasteiger partial charge on any atom is 0.187 e. The van der Waals surface area contributed by atoms with Crippen molar-refractivity contribution < 1.29 is 50.0 Å². The molecule has 10 unspecified atom stereocenters. The van der Waals surface area contributed by atoms with E-state index in [1.165, 1.54) is 6.42 Å². The van der Waals surface area contributed by atoms with Gasteiger partial charge in [0.2, 0.25) is 0 Å². The Kier molecular flexibility index (Phi) is 10.7. The van der Waals surface area contributed by atoms with Crippen LogP contribution in [0, 0.1) is 11.8 Å². The monoisotopic (exact) mass is 412 g/mol. The lowest BCUT2D eigenvalue weighted by Crippen LogP contribution is -2.63. The fourth-order valence-corrected chi connectivity index (χ4v) is 3.44. The highest BCUT2D eigenvalue weighted by atomic mass is 16.7. The van der Waals surface area contributed by atoms with Gasteiger partial charge in [-0.2, -0.15) is 0 Å². The Morgan fingerprint density at radius 1 is 0.786 bits per heavy atom. The molecule has 168 valence electrons. The molecule has 0 aliphatic carbocycles. The Morgan fingerprint density at radius 3 is 1.79 bits per heavy atom. The highest BCUT2D eigenvalue weighted by Crippen LogP contribution is 2.34. The van der Waals surface area contributed by atoms with Gasteiger partial charge < -0.3 is 50.0 Å². The van der Waals surface area contributed by atoms with Crippen molar-refractivity contribution in [2.24, 2.45) is 11.8 Å². The van der Waals surface area contributed by atoms with Crippen LogP contribution in [0.3, 0.4) is 0 Å². The molecule has 2 aliphatic heterocycles. The summed E-state index contributed by atoms with van der Waals surface area (Å²) in [6, 6.07) is 0. The minimum Gasteiger partial charge on any atom is -0.394 e. The summed E-state index contributed by atoms with van der Waals surface area (Å²) in [5.74, 6) is -0.623. The molecule has 0 aromatic carbocycles. The quantitative estimate of drug-likeness (QED) is 0.266. The summed E-state index contributed by atoms with van der Waals surface area (Å²) in [4.78, 5) is 0. The van der Waals surface area contributed by atoms with Crippen molar-refractivity contribution in [2.45, 2.75) is 89.4 Å². The molecule has 0 saturated carbocycles. The van der Waals surface area contributed by atoms with Crippen molar-refractivity contribution in [2.75, 3.05) is 13.2 Å². The van der Waals surface area contributed by atoms with Crippen molar-refractivity contribution in [3.05, 3.63) is 0 Å². The molecule has 2 rings (SSSR count). The standard InChI is InChI=1S/C15H28O10.C3H8/c1-5(2)8-6(3-16)24-15(12(21)9(8)18)25-13-7(4-17)23-14(22)11(20)10(13)19;1-3-2/h5-22H,3-4H2,1-2H3;3H2,1-2H3. The minimum atomic E-state index is -1.70. The molecule has 2 fully saturated rings. The summed E-state index contributed by atoms with van der Waals surface area (Å²) in [5, 5.41) is 68.8. The lowest BCUT2D eigenvalue weighted by molar-refractivity contribution is -0.353. The van der Waals surface area contributed by atoms with Crippen molar-refractivity contribution in [1.82, 2.24) is 0 Å². The number of ether oxygens (including phenoxy) is 3. The Bertz CT molecular complexity index is 433. The molecule has 2 heterocycles. The third-order valence-electron chi connectivity index (χ3n) is 4.84. The van der Waals surface area contributed by atoms with Crippen molar-refractivity contribution in [3.63, 3.8) is 0 Å². The molecule has 0 aromatic heterocycles. The van der Waals surface area contributed by atoms with Crippen LogP contribution in [0.25, 0.3) is 0 Å². The first kappa shape index (κ1) is 25.6. The molecule has 0 amide bonds. The first-order valence-electron chi connectivity index (χ1n) is 9.72. The third-order valence-corrected chi connectivity index (χ3v) is 4.84. The zero-order chi connectivity index (χ0) is 21.6. The largest absolute Gasteiger partial charge is 0.394 e. The number of rotatable bonds is 5. The molecule has 0 radical (unpaired) electrons. The molecule has 28 heavy (non-hydrogen) atoms. The fraction of sp³-hybridized carbons (Fsp3) is 1.00. The lowest BCUT2D eigenvalue weighted by atomic mass is 9.81. The van der Waals surface area contributed by atoms with Crippen LogP contribution >= 0.6 is 0 Å². The van der Waals surface area contributed by atoms with Crippen LogP contribution in [-0.4, -0.2) is 104 Å². The zero-order valence-electron chi connectivity index (χ0n) is 16.8. The van der Waals surface area contributed by atoms with Crippen LogP contribution in [0.2, 0.25) is 0 Å². The molecular weight excluding hydrogens is 376 g/mol. The fourth-order valence-electron chi connectivity index (χ4n) is 3.44.